The quantitative estimate of drug-likeness (QED) is 0.751. The van der Waals surface area contributed by atoms with Gasteiger partial charge in [-0.1, -0.05) is 48.7 Å². The summed E-state index contributed by atoms with van der Waals surface area (Å²) < 4.78 is 27.7. The highest BCUT2D eigenvalue weighted by Crippen LogP contribution is 2.33. The Morgan fingerprint density at radius 3 is 2.28 bits per heavy atom. The molecule has 4 rings (SSSR count). The smallest absolute Gasteiger partial charge is 0.247 e. The molecule has 0 bridgehead atoms. The van der Waals surface area contributed by atoms with Gasteiger partial charge in [-0.25, -0.2) is 8.42 Å². The normalized spacial score (nSPS) is 22.8. The lowest BCUT2D eigenvalue weighted by atomic mass is 9.93. The predicted molar refractivity (Wildman–Crippen MR) is 123 cm³/mol. The van der Waals surface area contributed by atoms with Crippen LogP contribution in [0.4, 0.5) is 5.69 Å². The minimum atomic E-state index is -3.93. The molecule has 32 heavy (non-hydrogen) atoms. The minimum absolute atomic E-state index is 0.0513. The van der Waals surface area contributed by atoms with Gasteiger partial charge >= 0.3 is 0 Å². The van der Waals surface area contributed by atoms with Crippen LogP contribution in [0.2, 0.25) is 0 Å². The SMILES string of the molecule is Cc1ccc(N2C(=O)CN(S(=O)(=O)c3ccccc3)C[C@]2(C)C(=O)NC2CCCC2)cc1. The highest BCUT2D eigenvalue weighted by Gasteiger charge is 2.51. The van der Waals surface area contributed by atoms with Crippen molar-refractivity contribution in [1.82, 2.24) is 9.62 Å². The predicted octanol–water partition coefficient (Wildman–Crippen LogP) is 2.85. The van der Waals surface area contributed by atoms with Gasteiger partial charge in [0.15, 0.2) is 0 Å². The first-order chi connectivity index (χ1) is 15.2. The van der Waals surface area contributed by atoms with E-state index in [2.05, 4.69) is 5.32 Å². The number of benzene rings is 2. The number of hydrogen-bond acceptors (Lipinski definition) is 4. The van der Waals surface area contributed by atoms with Crippen molar-refractivity contribution in [3.63, 3.8) is 0 Å². The minimum Gasteiger partial charge on any atom is -0.351 e. The van der Waals surface area contributed by atoms with Gasteiger partial charge in [-0.2, -0.15) is 4.31 Å². The standard InChI is InChI=1S/C24H29N3O4S/c1-18-12-14-20(15-13-18)27-22(28)16-26(32(30,31)21-10-4-3-5-11-21)17-24(27,2)23(29)25-19-8-6-7-9-19/h3-5,10-15,19H,6-9,16-17H2,1-2H3,(H,25,29)/t24-/m1/s1. The molecule has 7 nitrogen and oxygen atoms in total. The highest BCUT2D eigenvalue weighted by atomic mass is 32.2. The summed E-state index contributed by atoms with van der Waals surface area (Å²) >= 11 is 0. The van der Waals surface area contributed by atoms with Crippen molar-refractivity contribution in [1.29, 1.82) is 0 Å². The first-order valence-corrected chi connectivity index (χ1v) is 12.4. The second-order valence-electron chi connectivity index (χ2n) is 8.88. The summed E-state index contributed by atoms with van der Waals surface area (Å²) in [4.78, 5) is 28.5. The summed E-state index contributed by atoms with van der Waals surface area (Å²) in [5.74, 6) is -0.755. The Morgan fingerprint density at radius 1 is 1.03 bits per heavy atom. The summed E-state index contributed by atoms with van der Waals surface area (Å²) in [7, 11) is -3.93. The van der Waals surface area contributed by atoms with Gasteiger partial charge in [0.25, 0.3) is 0 Å². The van der Waals surface area contributed by atoms with Crippen molar-refractivity contribution in [3.8, 4) is 0 Å². The van der Waals surface area contributed by atoms with E-state index >= 15 is 0 Å². The zero-order valence-electron chi connectivity index (χ0n) is 18.5. The van der Waals surface area contributed by atoms with Crippen LogP contribution in [0.25, 0.3) is 0 Å². The molecule has 2 fully saturated rings. The van der Waals surface area contributed by atoms with Crippen LogP contribution in [0.5, 0.6) is 0 Å². The number of rotatable bonds is 5. The number of hydrogen-bond donors (Lipinski definition) is 1. The number of piperazine rings is 1. The average molecular weight is 456 g/mol. The van der Waals surface area contributed by atoms with E-state index in [0.29, 0.717) is 5.69 Å². The number of nitrogens with one attached hydrogen (secondary N) is 1. The van der Waals surface area contributed by atoms with Crippen LogP contribution < -0.4 is 10.2 Å². The number of aryl methyl sites for hydroxylation is 1. The van der Waals surface area contributed by atoms with Crippen LogP contribution in [0, 0.1) is 6.92 Å². The Bertz CT molecular complexity index is 1100. The largest absolute Gasteiger partial charge is 0.351 e. The van der Waals surface area contributed by atoms with E-state index in [1.807, 2.05) is 19.1 Å². The van der Waals surface area contributed by atoms with Crippen LogP contribution >= 0.6 is 0 Å². The van der Waals surface area contributed by atoms with Gasteiger partial charge in [0, 0.05) is 18.3 Å². The van der Waals surface area contributed by atoms with Gasteiger partial charge in [0.1, 0.15) is 5.54 Å². The van der Waals surface area contributed by atoms with E-state index < -0.39 is 21.5 Å². The number of carbonyl (C=O) groups is 2. The second kappa shape index (κ2) is 8.67. The lowest BCUT2D eigenvalue weighted by Gasteiger charge is -2.47. The fourth-order valence-electron chi connectivity index (χ4n) is 4.59. The zero-order valence-corrected chi connectivity index (χ0v) is 19.3. The number of amides is 2. The Balaban J connectivity index is 1.72. The molecule has 0 spiro atoms. The number of anilines is 1. The van der Waals surface area contributed by atoms with Gasteiger partial charge in [0.2, 0.25) is 21.8 Å². The van der Waals surface area contributed by atoms with Crippen LogP contribution in [0.1, 0.15) is 38.2 Å². The molecule has 0 unspecified atom stereocenters. The Hall–Kier alpha value is -2.71. The molecule has 2 aromatic rings. The van der Waals surface area contributed by atoms with Gasteiger partial charge in [-0.15, -0.1) is 0 Å². The van der Waals surface area contributed by atoms with E-state index in [1.165, 1.54) is 17.0 Å². The maximum Gasteiger partial charge on any atom is 0.247 e. The van der Waals surface area contributed by atoms with Crippen molar-refractivity contribution in [2.45, 2.75) is 56.0 Å². The molecule has 2 amide bonds. The van der Waals surface area contributed by atoms with Crippen LogP contribution in [-0.2, 0) is 19.6 Å². The molecular formula is C24H29N3O4S. The lowest BCUT2D eigenvalue weighted by molar-refractivity contribution is -0.133. The van der Waals surface area contributed by atoms with E-state index in [-0.39, 0.29) is 29.9 Å². The number of sulfonamides is 1. The maximum absolute atomic E-state index is 13.6. The van der Waals surface area contributed by atoms with E-state index in [9.17, 15) is 18.0 Å². The molecule has 1 saturated heterocycles. The molecule has 170 valence electrons. The van der Waals surface area contributed by atoms with Gasteiger partial charge in [-0.05, 0) is 51.0 Å². The van der Waals surface area contributed by atoms with E-state index in [1.54, 1.807) is 37.3 Å². The molecular weight excluding hydrogens is 426 g/mol. The number of nitrogens with zero attached hydrogens (tertiary/aromatic N) is 2. The van der Waals surface area contributed by atoms with E-state index in [4.69, 9.17) is 0 Å². The molecule has 1 heterocycles. The van der Waals surface area contributed by atoms with Crippen molar-refractivity contribution in [2.75, 3.05) is 18.0 Å². The van der Waals surface area contributed by atoms with E-state index in [0.717, 1.165) is 35.6 Å². The fourth-order valence-corrected chi connectivity index (χ4v) is 6.09. The molecule has 0 radical (unpaired) electrons. The third-order valence-electron chi connectivity index (χ3n) is 6.39. The monoisotopic (exact) mass is 455 g/mol. The summed E-state index contributed by atoms with van der Waals surface area (Å²) in [5.41, 5.74) is 0.236. The van der Waals surface area contributed by atoms with Crippen molar-refractivity contribution in [3.05, 3.63) is 60.2 Å². The van der Waals surface area contributed by atoms with Gasteiger partial charge in [0.05, 0.1) is 11.4 Å². The maximum atomic E-state index is 13.6. The summed E-state index contributed by atoms with van der Waals surface area (Å²) in [5, 5.41) is 3.08. The summed E-state index contributed by atoms with van der Waals surface area (Å²) in [6, 6.07) is 15.4. The van der Waals surface area contributed by atoms with Crippen LogP contribution in [0.15, 0.2) is 59.5 Å². The fraction of sp³-hybridized carbons (Fsp3) is 0.417. The van der Waals surface area contributed by atoms with Crippen molar-refractivity contribution in [2.24, 2.45) is 0 Å². The highest BCUT2D eigenvalue weighted by molar-refractivity contribution is 7.89. The molecule has 1 aliphatic heterocycles. The molecule has 1 N–H and O–H groups in total. The molecule has 1 saturated carbocycles. The first kappa shape index (κ1) is 22.5. The third-order valence-corrected chi connectivity index (χ3v) is 8.20. The zero-order chi connectivity index (χ0) is 22.9. The molecule has 8 heteroatoms. The van der Waals surface area contributed by atoms with Crippen molar-refractivity contribution < 1.29 is 18.0 Å². The average Bonchev–Trinajstić information content (AvgIpc) is 3.28. The molecule has 1 atom stereocenters. The van der Waals surface area contributed by atoms with Crippen LogP contribution in [0.3, 0.4) is 0 Å². The molecule has 0 aromatic heterocycles. The lowest BCUT2D eigenvalue weighted by Crippen LogP contribution is -2.70. The summed E-state index contributed by atoms with van der Waals surface area (Å²) in [6.07, 6.45) is 3.90. The number of carbonyl (C=O) groups excluding carboxylic acids is 2. The topological polar surface area (TPSA) is 86.8 Å². The van der Waals surface area contributed by atoms with Gasteiger partial charge < -0.3 is 5.32 Å². The third kappa shape index (κ3) is 4.17. The molecule has 2 aliphatic rings. The van der Waals surface area contributed by atoms with Crippen LogP contribution in [-0.4, -0.2) is 49.2 Å². The van der Waals surface area contributed by atoms with Gasteiger partial charge in [-0.3, -0.25) is 14.5 Å². The Kier molecular flexibility index (Phi) is 6.09. The van der Waals surface area contributed by atoms with Crippen molar-refractivity contribution >= 4 is 27.5 Å². The second-order valence-corrected chi connectivity index (χ2v) is 10.8. The Labute approximate surface area is 189 Å². The Morgan fingerprint density at radius 2 is 1.66 bits per heavy atom. The molecule has 1 aliphatic carbocycles. The summed E-state index contributed by atoms with van der Waals surface area (Å²) in [6.45, 7) is 3.16. The first-order valence-electron chi connectivity index (χ1n) is 11.0. The molecule has 2 aromatic carbocycles.